The molecule has 0 unspecified atom stereocenters. The first-order chi connectivity index (χ1) is 6.77. The monoisotopic (exact) mass is 196 g/mol. The molecule has 0 saturated carbocycles. The first-order valence-electron chi connectivity index (χ1n) is 4.37. The normalized spacial score (nSPS) is 13.3. The molecule has 1 aliphatic heterocycles. The average molecular weight is 196 g/mol. The number of fused-ring (bicyclic) bond motifs is 1. The maximum absolute atomic E-state index is 9.60. The number of phenols is 1. The zero-order valence-electron chi connectivity index (χ0n) is 8.16. The molecule has 1 N–H and O–H groups in total. The van der Waals surface area contributed by atoms with Gasteiger partial charge in [-0.2, -0.15) is 0 Å². The highest BCUT2D eigenvalue weighted by Crippen LogP contribution is 2.47. The summed E-state index contributed by atoms with van der Waals surface area (Å²) in [5.74, 6) is 1.68. The summed E-state index contributed by atoms with van der Waals surface area (Å²) in [7, 11) is 3.07. The second-order valence-corrected chi connectivity index (χ2v) is 3.04. The molecule has 0 amide bonds. The van der Waals surface area contributed by atoms with E-state index in [4.69, 9.17) is 14.2 Å². The highest BCUT2D eigenvalue weighted by atomic mass is 16.5. The summed E-state index contributed by atoms with van der Waals surface area (Å²) in [6.45, 7) is 0.603. The van der Waals surface area contributed by atoms with Crippen LogP contribution in [0.15, 0.2) is 6.07 Å². The SMILES string of the molecule is COc1cc(O)c(OC)c2c1CCO2. The van der Waals surface area contributed by atoms with E-state index >= 15 is 0 Å². The molecule has 4 nitrogen and oxygen atoms in total. The number of hydrogen-bond donors (Lipinski definition) is 1. The van der Waals surface area contributed by atoms with Crippen LogP contribution in [0.4, 0.5) is 0 Å². The van der Waals surface area contributed by atoms with Gasteiger partial charge in [0.05, 0.1) is 20.8 Å². The molecular weight excluding hydrogens is 184 g/mol. The van der Waals surface area contributed by atoms with Crippen molar-refractivity contribution in [1.29, 1.82) is 0 Å². The Labute approximate surface area is 82.0 Å². The van der Waals surface area contributed by atoms with Gasteiger partial charge in [0.15, 0.2) is 11.5 Å². The highest BCUT2D eigenvalue weighted by Gasteiger charge is 2.24. The molecule has 0 bridgehead atoms. The number of ether oxygens (including phenoxy) is 3. The number of aromatic hydroxyl groups is 1. The van der Waals surface area contributed by atoms with Gasteiger partial charge in [-0.15, -0.1) is 0 Å². The molecular formula is C10H12O4. The van der Waals surface area contributed by atoms with Crippen LogP contribution < -0.4 is 14.2 Å². The number of rotatable bonds is 2. The maximum Gasteiger partial charge on any atom is 0.203 e. The summed E-state index contributed by atoms with van der Waals surface area (Å²) in [5, 5.41) is 9.60. The number of methoxy groups -OCH3 is 2. The molecule has 1 aromatic carbocycles. The molecule has 1 aromatic rings. The van der Waals surface area contributed by atoms with Crippen LogP contribution in [0, 0.1) is 0 Å². The Morgan fingerprint density at radius 3 is 2.79 bits per heavy atom. The fraction of sp³-hybridized carbons (Fsp3) is 0.400. The van der Waals surface area contributed by atoms with Crippen LogP contribution in [0.3, 0.4) is 0 Å². The fourth-order valence-corrected chi connectivity index (χ4v) is 1.67. The lowest BCUT2D eigenvalue weighted by Gasteiger charge is -2.11. The van der Waals surface area contributed by atoms with E-state index in [1.54, 1.807) is 13.2 Å². The molecule has 1 heterocycles. The van der Waals surface area contributed by atoms with Gasteiger partial charge in [-0.05, 0) is 0 Å². The second-order valence-electron chi connectivity index (χ2n) is 3.04. The Bertz CT molecular complexity index is 360. The molecule has 0 atom stereocenters. The number of hydrogen-bond acceptors (Lipinski definition) is 4. The average Bonchev–Trinajstić information content (AvgIpc) is 2.65. The molecule has 76 valence electrons. The van der Waals surface area contributed by atoms with Crippen molar-refractivity contribution >= 4 is 0 Å². The van der Waals surface area contributed by atoms with Crippen molar-refractivity contribution in [3.05, 3.63) is 11.6 Å². The van der Waals surface area contributed by atoms with Crippen molar-refractivity contribution < 1.29 is 19.3 Å². The summed E-state index contributed by atoms with van der Waals surface area (Å²) in [6.07, 6.45) is 0.787. The van der Waals surface area contributed by atoms with E-state index in [0.717, 1.165) is 12.0 Å². The minimum atomic E-state index is 0.0463. The molecule has 0 fully saturated rings. The van der Waals surface area contributed by atoms with E-state index in [2.05, 4.69) is 0 Å². The van der Waals surface area contributed by atoms with Gasteiger partial charge in [0.25, 0.3) is 0 Å². The lowest BCUT2D eigenvalue weighted by atomic mass is 10.1. The van der Waals surface area contributed by atoms with Crippen LogP contribution in [-0.4, -0.2) is 25.9 Å². The Morgan fingerprint density at radius 2 is 2.14 bits per heavy atom. The van der Waals surface area contributed by atoms with Gasteiger partial charge in [-0.25, -0.2) is 0 Å². The maximum atomic E-state index is 9.60. The van der Waals surface area contributed by atoms with Crippen molar-refractivity contribution in [2.24, 2.45) is 0 Å². The predicted molar refractivity (Wildman–Crippen MR) is 50.4 cm³/mol. The van der Waals surface area contributed by atoms with E-state index in [-0.39, 0.29) is 5.75 Å². The van der Waals surface area contributed by atoms with Crippen molar-refractivity contribution in [2.45, 2.75) is 6.42 Å². The molecule has 1 aliphatic rings. The summed E-state index contributed by atoms with van der Waals surface area (Å²) in [5.41, 5.74) is 0.960. The Kier molecular flexibility index (Phi) is 2.11. The zero-order valence-corrected chi connectivity index (χ0v) is 8.16. The van der Waals surface area contributed by atoms with E-state index < -0.39 is 0 Å². The molecule has 0 aromatic heterocycles. The van der Waals surface area contributed by atoms with Crippen molar-refractivity contribution in [3.8, 4) is 23.0 Å². The highest BCUT2D eigenvalue weighted by molar-refractivity contribution is 5.62. The predicted octanol–water partition coefficient (Wildman–Crippen LogP) is 1.34. The largest absolute Gasteiger partial charge is 0.504 e. The number of phenolic OH excluding ortho intramolecular Hbond substituents is 1. The van der Waals surface area contributed by atoms with E-state index in [0.29, 0.717) is 23.9 Å². The molecule has 0 spiro atoms. The van der Waals surface area contributed by atoms with E-state index in [1.165, 1.54) is 7.11 Å². The van der Waals surface area contributed by atoms with Crippen LogP contribution in [-0.2, 0) is 6.42 Å². The van der Waals surface area contributed by atoms with Crippen LogP contribution in [0.1, 0.15) is 5.56 Å². The molecule has 0 aliphatic carbocycles. The van der Waals surface area contributed by atoms with Gasteiger partial charge in [0.2, 0.25) is 5.75 Å². The van der Waals surface area contributed by atoms with Gasteiger partial charge in [-0.3, -0.25) is 0 Å². The van der Waals surface area contributed by atoms with Crippen LogP contribution in [0.25, 0.3) is 0 Å². The first kappa shape index (κ1) is 8.99. The van der Waals surface area contributed by atoms with Gasteiger partial charge in [-0.1, -0.05) is 0 Å². The summed E-state index contributed by atoms with van der Waals surface area (Å²) < 4.78 is 15.6. The summed E-state index contributed by atoms with van der Waals surface area (Å²) >= 11 is 0. The Morgan fingerprint density at radius 1 is 1.36 bits per heavy atom. The van der Waals surface area contributed by atoms with E-state index in [9.17, 15) is 5.11 Å². The third kappa shape index (κ3) is 1.14. The minimum absolute atomic E-state index is 0.0463. The minimum Gasteiger partial charge on any atom is -0.504 e. The molecule has 2 rings (SSSR count). The van der Waals surface area contributed by atoms with Crippen LogP contribution in [0.5, 0.6) is 23.0 Å². The Balaban J connectivity index is 2.61. The third-order valence-electron chi connectivity index (χ3n) is 2.30. The third-order valence-corrected chi connectivity index (χ3v) is 2.30. The first-order valence-corrected chi connectivity index (χ1v) is 4.37. The molecule has 0 radical (unpaired) electrons. The lowest BCUT2D eigenvalue weighted by Crippen LogP contribution is -1.92. The van der Waals surface area contributed by atoms with Gasteiger partial charge in [0, 0.05) is 18.1 Å². The van der Waals surface area contributed by atoms with Gasteiger partial charge < -0.3 is 19.3 Å². The Hall–Kier alpha value is -1.58. The van der Waals surface area contributed by atoms with Crippen molar-refractivity contribution in [1.82, 2.24) is 0 Å². The standard InChI is InChI=1S/C10H12O4/c1-12-8-5-7(11)10(13-2)9-6(8)3-4-14-9/h5,11H,3-4H2,1-2H3. The zero-order chi connectivity index (χ0) is 10.1. The van der Waals surface area contributed by atoms with Gasteiger partial charge >= 0.3 is 0 Å². The smallest absolute Gasteiger partial charge is 0.203 e. The fourth-order valence-electron chi connectivity index (χ4n) is 1.67. The van der Waals surface area contributed by atoms with E-state index in [1.807, 2.05) is 0 Å². The molecule has 14 heavy (non-hydrogen) atoms. The summed E-state index contributed by atoms with van der Waals surface area (Å²) in [4.78, 5) is 0. The number of benzene rings is 1. The van der Waals surface area contributed by atoms with Crippen LogP contribution >= 0.6 is 0 Å². The topological polar surface area (TPSA) is 47.9 Å². The molecule has 4 heteroatoms. The lowest BCUT2D eigenvalue weighted by molar-refractivity contribution is 0.312. The van der Waals surface area contributed by atoms with Crippen LogP contribution in [0.2, 0.25) is 0 Å². The quantitative estimate of drug-likeness (QED) is 0.775. The van der Waals surface area contributed by atoms with Crippen molar-refractivity contribution in [3.63, 3.8) is 0 Å². The molecule has 0 saturated heterocycles. The summed E-state index contributed by atoms with van der Waals surface area (Å²) in [6, 6.07) is 1.55. The van der Waals surface area contributed by atoms with Crippen molar-refractivity contribution in [2.75, 3.05) is 20.8 Å². The second kappa shape index (κ2) is 3.29. The van der Waals surface area contributed by atoms with Gasteiger partial charge in [0.1, 0.15) is 5.75 Å².